The molecule has 4 heteroatoms. The van der Waals surface area contributed by atoms with Crippen molar-refractivity contribution in [3.05, 3.63) is 0 Å². The molecular formula is C17H32N2O2. The molecule has 0 amide bonds. The highest BCUT2D eigenvalue weighted by Crippen LogP contribution is 2.21. The Morgan fingerprint density at radius 2 is 1.76 bits per heavy atom. The van der Waals surface area contributed by atoms with Gasteiger partial charge in [0.1, 0.15) is 13.1 Å². The molecule has 1 unspecified atom stereocenters. The van der Waals surface area contributed by atoms with Gasteiger partial charge in [0.2, 0.25) is 0 Å². The molecule has 122 valence electrons. The Kier molecular flexibility index (Phi) is 8.58. The van der Waals surface area contributed by atoms with Crippen molar-refractivity contribution in [2.45, 2.75) is 71.6 Å². The summed E-state index contributed by atoms with van der Waals surface area (Å²) in [4.78, 5) is 15.8. The van der Waals surface area contributed by atoms with Crippen LogP contribution >= 0.6 is 0 Å². The maximum absolute atomic E-state index is 11.1. The zero-order valence-electron chi connectivity index (χ0n) is 13.9. The number of carboxylic acid groups (broad SMARTS) is 1. The molecule has 0 N–H and O–H groups in total. The second-order valence-corrected chi connectivity index (χ2v) is 6.29. The van der Waals surface area contributed by atoms with Crippen LogP contribution in [0, 0.1) is 0 Å². The average molecular weight is 296 g/mol. The third-order valence-electron chi connectivity index (χ3n) is 4.50. The number of hydrogen-bond donors (Lipinski definition) is 0. The van der Waals surface area contributed by atoms with E-state index in [9.17, 15) is 9.90 Å². The third kappa shape index (κ3) is 6.16. The fourth-order valence-electron chi connectivity index (χ4n) is 3.23. The molecular weight excluding hydrogens is 264 g/mol. The number of quaternary nitrogens is 1. The van der Waals surface area contributed by atoms with Crippen molar-refractivity contribution >= 4 is 11.8 Å². The van der Waals surface area contributed by atoms with Crippen LogP contribution in [-0.4, -0.2) is 42.5 Å². The largest absolute Gasteiger partial charge is 0.544 e. The zero-order valence-corrected chi connectivity index (χ0v) is 13.9. The predicted octanol–water partition coefficient (Wildman–Crippen LogP) is 2.52. The summed E-state index contributed by atoms with van der Waals surface area (Å²) in [7, 11) is 0. The van der Waals surface area contributed by atoms with Gasteiger partial charge in [0.25, 0.3) is 0 Å². The molecule has 0 saturated carbocycles. The molecule has 0 aromatic rings. The van der Waals surface area contributed by atoms with Gasteiger partial charge in [-0.15, -0.1) is 0 Å². The molecule has 0 saturated heterocycles. The highest BCUT2D eigenvalue weighted by molar-refractivity contribution is 5.79. The molecule has 0 radical (unpaired) electrons. The molecule has 1 aliphatic rings. The zero-order chi connectivity index (χ0) is 15.6. The summed E-state index contributed by atoms with van der Waals surface area (Å²) < 4.78 is 0.561. The predicted molar refractivity (Wildman–Crippen MR) is 85.1 cm³/mol. The Labute approximate surface area is 129 Å². The van der Waals surface area contributed by atoms with Crippen LogP contribution in [0.5, 0.6) is 0 Å². The van der Waals surface area contributed by atoms with Crippen LogP contribution in [0.1, 0.15) is 71.6 Å². The smallest absolute Gasteiger partial charge is 0.198 e. The van der Waals surface area contributed by atoms with Gasteiger partial charge in [0.05, 0.1) is 19.1 Å². The summed E-state index contributed by atoms with van der Waals surface area (Å²) in [6, 6.07) is 0. The first kappa shape index (κ1) is 18.1. The first-order valence-corrected chi connectivity index (χ1v) is 8.74. The van der Waals surface area contributed by atoms with E-state index in [-0.39, 0.29) is 6.54 Å². The minimum Gasteiger partial charge on any atom is -0.544 e. The van der Waals surface area contributed by atoms with Crippen molar-refractivity contribution in [1.82, 2.24) is 0 Å². The second kappa shape index (κ2) is 9.93. The standard InChI is InChI=1S/C17H32N2O2/c1-3-5-7-8-9-10-11-16-18-12-14-19(16,13-6-4-2)15-17(20)21/h3-15H2,1-2H3. The summed E-state index contributed by atoms with van der Waals surface area (Å²) >= 11 is 0. The van der Waals surface area contributed by atoms with E-state index in [0.29, 0.717) is 4.48 Å². The number of aliphatic carboxylic acids is 1. The number of carbonyl (C=O) groups is 1. The van der Waals surface area contributed by atoms with Gasteiger partial charge in [0, 0.05) is 6.42 Å². The fourth-order valence-corrected chi connectivity index (χ4v) is 3.23. The lowest BCUT2D eigenvalue weighted by atomic mass is 10.1. The molecule has 4 nitrogen and oxygen atoms in total. The van der Waals surface area contributed by atoms with Gasteiger partial charge < -0.3 is 9.90 Å². The Morgan fingerprint density at radius 3 is 2.43 bits per heavy atom. The van der Waals surface area contributed by atoms with Crippen LogP contribution < -0.4 is 5.11 Å². The van der Waals surface area contributed by atoms with Crippen LogP contribution in [0.25, 0.3) is 0 Å². The molecule has 0 fully saturated rings. The van der Waals surface area contributed by atoms with Crippen LogP contribution in [0.4, 0.5) is 0 Å². The average Bonchev–Trinajstić information content (AvgIpc) is 2.83. The quantitative estimate of drug-likeness (QED) is 0.410. The highest BCUT2D eigenvalue weighted by Gasteiger charge is 2.37. The summed E-state index contributed by atoms with van der Waals surface area (Å²) in [5, 5.41) is 11.1. The number of carbonyl (C=O) groups excluding carboxylic acids is 1. The lowest BCUT2D eigenvalue weighted by Gasteiger charge is -2.35. The van der Waals surface area contributed by atoms with Gasteiger partial charge in [-0.05, 0) is 12.8 Å². The Bertz CT molecular complexity index is 342. The highest BCUT2D eigenvalue weighted by atomic mass is 16.4. The van der Waals surface area contributed by atoms with Crippen molar-refractivity contribution in [3.8, 4) is 0 Å². The monoisotopic (exact) mass is 296 g/mol. The molecule has 1 heterocycles. The Morgan fingerprint density at radius 1 is 1.10 bits per heavy atom. The SMILES string of the molecule is CCCCCCCCC1=NCC[N+]1(CCCC)CC(=O)[O-]. The summed E-state index contributed by atoms with van der Waals surface area (Å²) in [5.41, 5.74) is 0. The van der Waals surface area contributed by atoms with Crippen molar-refractivity contribution in [2.24, 2.45) is 4.99 Å². The number of rotatable bonds is 12. The third-order valence-corrected chi connectivity index (χ3v) is 4.50. The van der Waals surface area contributed by atoms with E-state index in [4.69, 9.17) is 0 Å². The molecule has 0 aliphatic carbocycles. The number of amidine groups is 1. The fraction of sp³-hybridized carbons (Fsp3) is 0.882. The Balaban J connectivity index is 2.46. The number of unbranched alkanes of at least 4 members (excludes halogenated alkanes) is 6. The van der Waals surface area contributed by atoms with Crippen LogP contribution in [0.15, 0.2) is 4.99 Å². The molecule has 0 spiro atoms. The molecule has 0 aromatic heterocycles. The number of hydrogen-bond acceptors (Lipinski definition) is 3. The second-order valence-electron chi connectivity index (χ2n) is 6.29. The lowest BCUT2D eigenvalue weighted by molar-refractivity contribution is -0.831. The van der Waals surface area contributed by atoms with E-state index in [2.05, 4.69) is 18.8 Å². The number of aliphatic imine (C=N–C) groups is 1. The van der Waals surface area contributed by atoms with Crippen molar-refractivity contribution < 1.29 is 14.4 Å². The van der Waals surface area contributed by atoms with Crippen LogP contribution in [-0.2, 0) is 4.79 Å². The van der Waals surface area contributed by atoms with Gasteiger partial charge in [0.15, 0.2) is 5.84 Å². The molecule has 1 aliphatic heterocycles. The molecule has 0 aromatic carbocycles. The molecule has 21 heavy (non-hydrogen) atoms. The van der Waals surface area contributed by atoms with E-state index in [1.165, 1.54) is 32.1 Å². The summed E-state index contributed by atoms with van der Waals surface area (Å²) in [6.45, 7) is 7.01. The van der Waals surface area contributed by atoms with E-state index < -0.39 is 5.97 Å². The van der Waals surface area contributed by atoms with Gasteiger partial charge in [-0.2, -0.15) is 0 Å². The first-order valence-electron chi connectivity index (χ1n) is 8.74. The topological polar surface area (TPSA) is 52.5 Å². The van der Waals surface area contributed by atoms with Gasteiger partial charge in [-0.1, -0.05) is 52.4 Å². The first-order chi connectivity index (χ1) is 10.1. The van der Waals surface area contributed by atoms with Crippen molar-refractivity contribution in [3.63, 3.8) is 0 Å². The summed E-state index contributed by atoms with van der Waals surface area (Å²) in [5.74, 6) is 0.173. The minimum absolute atomic E-state index is 0.106. The maximum atomic E-state index is 11.1. The molecule has 0 bridgehead atoms. The minimum atomic E-state index is -0.941. The van der Waals surface area contributed by atoms with Crippen molar-refractivity contribution in [2.75, 3.05) is 26.2 Å². The normalized spacial score (nSPS) is 21.5. The molecule has 1 rings (SSSR count). The van der Waals surface area contributed by atoms with E-state index >= 15 is 0 Å². The molecule has 1 atom stereocenters. The van der Waals surface area contributed by atoms with Crippen molar-refractivity contribution in [1.29, 1.82) is 0 Å². The van der Waals surface area contributed by atoms with Gasteiger partial charge in [-0.25, -0.2) is 4.99 Å². The number of nitrogens with zero attached hydrogens (tertiary/aromatic N) is 2. The van der Waals surface area contributed by atoms with E-state index in [1.54, 1.807) is 0 Å². The van der Waals surface area contributed by atoms with E-state index in [0.717, 1.165) is 51.2 Å². The summed E-state index contributed by atoms with van der Waals surface area (Å²) in [6.07, 6.45) is 10.7. The van der Waals surface area contributed by atoms with Gasteiger partial charge >= 0.3 is 0 Å². The Hall–Kier alpha value is -0.900. The van der Waals surface area contributed by atoms with Gasteiger partial charge in [-0.3, -0.25) is 4.48 Å². The van der Waals surface area contributed by atoms with Crippen LogP contribution in [0.3, 0.4) is 0 Å². The lowest BCUT2D eigenvalue weighted by Crippen LogP contribution is -2.56. The van der Waals surface area contributed by atoms with Crippen LogP contribution in [0.2, 0.25) is 0 Å². The van der Waals surface area contributed by atoms with E-state index in [1.807, 2.05) is 0 Å². The number of carboxylic acids is 1. The maximum Gasteiger partial charge on any atom is 0.198 e.